The summed E-state index contributed by atoms with van der Waals surface area (Å²) in [7, 11) is -3.70. The Labute approximate surface area is 202 Å². The van der Waals surface area contributed by atoms with Gasteiger partial charge in [0.05, 0.1) is 36.2 Å². The largest absolute Gasteiger partial charge is 0.394 e. The van der Waals surface area contributed by atoms with Crippen molar-refractivity contribution in [3.8, 4) is 0 Å². The molecule has 0 saturated carbocycles. The number of piperidine rings is 1. The lowest BCUT2D eigenvalue weighted by Crippen LogP contribution is -2.51. The summed E-state index contributed by atoms with van der Waals surface area (Å²) < 4.78 is 34.0. The van der Waals surface area contributed by atoms with Crippen molar-refractivity contribution in [3.63, 3.8) is 0 Å². The summed E-state index contributed by atoms with van der Waals surface area (Å²) in [5.41, 5.74) is 1.34. The van der Waals surface area contributed by atoms with Gasteiger partial charge in [-0.25, -0.2) is 13.1 Å². The van der Waals surface area contributed by atoms with Crippen LogP contribution < -0.4 is 4.72 Å². The first-order valence-corrected chi connectivity index (χ1v) is 13.6. The Kier molecular flexibility index (Phi) is 8.37. The lowest BCUT2D eigenvalue weighted by atomic mass is 9.90. The molecular formula is C26H34N2O5S. The molecule has 0 aromatic heterocycles. The quantitative estimate of drug-likeness (QED) is 0.598. The molecular weight excluding hydrogens is 452 g/mol. The number of benzene rings is 2. The summed E-state index contributed by atoms with van der Waals surface area (Å²) in [5, 5.41) is 9.82. The molecule has 0 radical (unpaired) electrons. The molecule has 2 aliphatic heterocycles. The Balaban J connectivity index is 1.25. The highest BCUT2D eigenvalue weighted by molar-refractivity contribution is 7.89. The van der Waals surface area contributed by atoms with E-state index in [9.17, 15) is 18.3 Å². The third-order valence-electron chi connectivity index (χ3n) is 6.89. The number of amides is 1. The summed E-state index contributed by atoms with van der Waals surface area (Å²) in [6.45, 7) is 1.20. The zero-order valence-corrected chi connectivity index (χ0v) is 20.2. The third kappa shape index (κ3) is 6.44. The van der Waals surface area contributed by atoms with Crippen molar-refractivity contribution in [2.75, 3.05) is 19.7 Å². The van der Waals surface area contributed by atoms with Gasteiger partial charge in [-0.3, -0.25) is 4.79 Å². The van der Waals surface area contributed by atoms with E-state index < -0.39 is 22.2 Å². The number of aliphatic hydroxyl groups excluding tert-OH is 1. The molecule has 34 heavy (non-hydrogen) atoms. The van der Waals surface area contributed by atoms with Crippen molar-refractivity contribution in [2.45, 2.75) is 61.7 Å². The van der Waals surface area contributed by atoms with Gasteiger partial charge in [0.15, 0.2) is 0 Å². The minimum absolute atomic E-state index is 0.0724. The second-order valence-corrected chi connectivity index (χ2v) is 11.0. The maximum absolute atomic E-state index is 12.9. The van der Waals surface area contributed by atoms with Crippen molar-refractivity contribution in [1.29, 1.82) is 0 Å². The molecule has 0 unspecified atom stereocenters. The number of carbonyl (C=O) groups is 1. The average Bonchev–Trinajstić information content (AvgIpc) is 2.86. The normalized spacial score (nSPS) is 24.1. The van der Waals surface area contributed by atoms with Crippen LogP contribution in [0.15, 0.2) is 65.6 Å². The Morgan fingerprint density at radius 3 is 2.26 bits per heavy atom. The smallest absolute Gasteiger partial charge is 0.240 e. The highest BCUT2D eigenvalue weighted by atomic mass is 32.2. The van der Waals surface area contributed by atoms with Crippen LogP contribution in [0.25, 0.3) is 0 Å². The average molecular weight is 487 g/mol. The van der Waals surface area contributed by atoms with E-state index in [2.05, 4.69) is 29.0 Å². The molecule has 2 fully saturated rings. The highest BCUT2D eigenvalue weighted by Gasteiger charge is 2.35. The number of hydrogen-bond donors (Lipinski definition) is 2. The number of aliphatic hydroxyl groups is 1. The molecule has 2 saturated heterocycles. The molecule has 2 aromatic rings. The first-order chi connectivity index (χ1) is 16.4. The molecule has 2 aliphatic rings. The second kappa shape index (κ2) is 11.4. The number of nitrogens with one attached hydrogen (secondary N) is 1. The third-order valence-corrected chi connectivity index (χ3v) is 8.40. The van der Waals surface area contributed by atoms with E-state index in [0.717, 1.165) is 32.4 Å². The molecule has 8 heteroatoms. The number of carbonyl (C=O) groups excluding carboxylic acids is 1. The zero-order chi connectivity index (χ0) is 24.0. The number of hydrogen-bond acceptors (Lipinski definition) is 5. The standard InChI is InChI=1S/C26H34N2O5S/c29-19-25-24(27-34(31,32)23-9-5-2-6-10-23)12-11-22(33-25)18-26(30)28-15-13-21(14-16-28)17-20-7-3-1-4-8-20/h1-10,21-22,24-25,27,29H,11-19H2/t22-,24-,25+/m1/s1. The molecule has 2 heterocycles. The molecule has 0 aliphatic carbocycles. The first kappa shape index (κ1) is 24.9. The van der Waals surface area contributed by atoms with Crippen LogP contribution in [0.1, 0.15) is 37.7 Å². The molecule has 7 nitrogen and oxygen atoms in total. The van der Waals surface area contributed by atoms with Gasteiger partial charge in [-0.1, -0.05) is 48.5 Å². The van der Waals surface area contributed by atoms with Gasteiger partial charge in [-0.05, 0) is 55.7 Å². The van der Waals surface area contributed by atoms with Crippen molar-refractivity contribution in [2.24, 2.45) is 5.92 Å². The van der Waals surface area contributed by atoms with Gasteiger partial charge in [-0.2, -0.15) is 0 Å². The van der Waals surface area contributed by atoms with Gasteiger partial charge in [0.25, 0.3) is 0 Å². The fourth-order valence-electron chi connectivity index (χ4n) is 4.94. The van der Waals surface area contributed by atoms with Gasteiger partial charge >= 0.3 is 0 Å². The van der Waals surface area contributed by atoms with Crippen LogP contribution in [-0.4, -0.2) is 62.3 Å². The Morgan fingerprint density at radius 1 is 0.971 bits per heavy atom. The predicted octanol–water partition coefficient (Wildman–Crippen LogP) is 2.74. The fourth-order valence-corrected chi connectivity index (χ4v) is 6.26. The minimum Gasteiger partial charge on any atom is -0.394 e. The lowest BCUT2D eigenvalue weighted by molar-refractivity contribution is -0.141. The number of likely N-dealkylation sites (tertiary alicyclic amines) is 1. The summed E-state index contributed by atoms with van der Waals surface area (Å²) in [5.74, 6) is 0.665. The van der Waals surface area contributed by atoms with Gasteiger partial charge in [0, 0.05) is 13.1 Å². The van der Waals surface area contributed by atoms with Gasteiger partial charge < -0.3 is 14.7 Å². The number of nitrogens with zero attached hydrogens (tertiary/aromatic N) is 1. The molecule has 2 aromatic carbocycles. The van der Waals surface area contributed by atoms with Crippen molar-refractivity contribution < 1.29 is 23.1 Å². The number of sulfonamides is 1. The maximum Gasteiger partial charge on any atom is 0.240 e. The van der Waals surface area contributed by atoms with E-state index in [1.165, 1.54) is 17.7 Å². The van der Waals surface area contributed by atoms with Crippen LogP contribution in [0.3, 0.4) is 0 Å². The summed E-state index contributed by atoms with van der Waals surface area (Å²) in [6, 6.07) is 18.1. The minimum atomic E-state index is -3.70. The van der Waals surface area contributed by atoms with Crippen LogP contribution in [0.2, 0.25) is 0 Å². The van der Waals surface area contributed by atoms with Crippen molar-refractivity contribution in [1.82, 2.24) is 9.62 Å². The van der Waals surface area contributed by atoms with Crippen LogP contribution in [0.5, 0.6) is 0 Å². The highest BCUT2D eigenvalue weighted by Crippen LogP contribution is 2.26. The Morgan fingerprint density at radius 2 is 1.62 bits per heavy atom. The molecule has 1 amide bonds. The molecule has 4 rings (SSSR count). The van der Waals surface area contributed by atoms with E-state index in [4.69, 9.17) is 4.74 Å². The number of ether oxygens (including phenoxy) is 1. The van der Waals surface area contributed by atoms with Crippen LogP contribution in [0.4, 0.5) is 0 Å². The SMILES string of the molecule is O=C(C[C@H]1CC[C@@H](NS(=O)(=O)c2ccccc2)[C@H](CO)O1)N1CCC(Cc2ccccc2)CC1. The molecule has 0 spiro atoms. The first-order valence-electron chi connectivity index (χ1n) is 12.1. The zero-order valence-electron chi connectivity index (χ0n) is 19.4. The van der Waals surface area contributed by atoms with Gasteiger partial charge in [0.2, 0.25) is 15.9 Å². The van der Waals surface area contributed by atoms with E-state index in [0.29, 0.717) is 18.8 Å². The summed E-state index contributed by atoms with van der Waals surface area (Å²) >= 11 is 0. The molecule has 0 bridgehead atoms. The topological polar surface area (TPSA) is 95.9 Å². The van der Waals surface area contributed by atoms with E-state index in [1.54, 1.807) is 18.2 Å². The predicted molar refractivity (Wildman–Crippen MR) is 130 cm³/mol. The van der Waals surface area contributed by atoms with Crippen LogP contribution in [0, 0.1) is 5.92 Å². The second-order valence-electron chi connectivity index (χ2n) is 9.32. The Bertz CT molecular complexity index is 1020. The van der Waals surface area contributed by atoms with Gasteiger partial charge in [-0.15, -0.1) is 0 Å². The van der Waals surface area contributed by atoms with E-state index in [1.807, 2.05) is 11.0 Å². The van der Waals surface area contributed by atoms with E-state index in [-0.39, 0.29) is 29.9 Å². The maximum atomic E-state index is 12.9. The summed E-state index contributed by atoms with van der Waals surface area (Å²) in [4.78, 5) is 15.0. The molecule has 2 N–H and O–H groups in total. The summed E-state index contributed by atoms with van der Waals surface area (Å²) in [6.07, 6.45) is 3.38. The fraction of sp³-hybridized carbons (Fsp3) is 0.500. The van der Waals surface area contributed by atoms with Crippen molar-refractivity contribution in [3.05, 3.63) is 66.2 Å². The number of rotatable bonds is 8. The monoisotopic (exact) mass is 486 g/mol. The molecule has 184 valence electrons. The van der Waals surface area contributed by atoms with Gasteiger partial charge in [0.1, 0.15) is 0 Å². The Hall–Kier alpha value is -2.26. The molecule has 3 atom stereocenters. The lowest BCUT2D eigenvalue weighted by Gasteiger charge is -2.37. The van der Waals surface area contributed by atoms with Crippen LogP contribution >= 0.6 is 0 Å². The van der Waals surface area contributed by atoms with Crippen LogP contribution in [-0.2, 0) is 26.0 Å². The van der Waals surface area contributed by atoms with Crippen molar-refractivity contribution >= 4 is 15.9 Å². The van der Waals surface area contributed by atoms with E-state index >= 15 is 0 Å².